The predicted octanol–water partition coefficient (Wildman–Crippen LogP) is 4.14. The first-order chi connectivity index (χ1) is 11.1. The number of fused-ring (bicyclic) bond motifs is 1. The molecular weight excluding hydrogens is 317 g/mol. The lowest BCUT2D eigenvalue weighted by atomic mass is 10.1. The van der Waals surface area contributed by atoms with Gasteiger partial charge in [0.1, 0.15) is 11.5 Å². The van der Waals surface area contributed by atoms with Gasteiger partial charge in [-0.1, -0.05) is 17.7 Å². The van der Waals surface area contributed by atoms with Crippen LogP contribution < -0.4 is 5.32 Å². The van der Waals surface area contributed by atoms with Crippen LogP contribution in [0.25, 0.3) is 16.9 Å². The van der Waals surface area contributed by atoms with Gasteiger partial charge in [-0.2, -0.15) is 0 Å². The largest absolute Gasteiger partial charge is 0.309 e. The molecule has 0 radical (unpaired) electrons. The first-order valence-electron chi connectivity index (χ1n) is 7.36. The molecule has 0 atom stereocenters. The Balaban J connectivity index is 1.75. The number of carbonyl (C=O) groups is 1. The lowest BCUT2D eigenvalue weighted by Gasteiger charge is -2.06. The van der Waals surface area contributed by atoms with Gasteiger partial charge in [-0.25, -0.2) is 9.37 Å². The molecular formula is C17H13ClFN3O. The van der Waals surface area contributed by atoms with E-state index in [-0.39, 0.29) is 16.8 Å². The maximum absolute atomic E-state index is 13.4. The molecule has 0 bridgehead atoms. The molecule has 0 unspecified atom stereocenters. The number of anilines is 1. The van der Waals surface area contributed by atoms with E-state index >= 15 is 0 Å². The van der Waals surface area contributed by atoms with Crippen LogP contribution in [0.5, 0.6) is 0 Å². The highest BCUT2D eigenvalue weighted by Gasteiger charge is 2.30. The number of benzene rings is 1. The molecule has 4 nitrogen and oxygen atoms in total. The SMILES string of the molecule is O=C(Nc1cn2c(-c3ccc(F)c(Cl)c3)cccc2n1)C1CC1. The van der Waals surface area contributed by atoms with E-state index in [1.54, 1.807) is 18.3 Å². The molecule has 116 valence electrons. The van der Waals surface area contributed by atoms with Crippen molar-refractivity contribution in [2.24, 2.45) is 5.92 Å². The Morgan fingerprint density at radius 3 is 2.87 bits per heavy atom. The molecule has 0 spiro atoms. The third kappa shape index (κ3) is 2.68. The zero-order valence-electron chi connectivity index (χ0n) is 12.1. The van der Waals surface area contributed by atoms with E-state index in [1.165, 1.54) is 6.07 Å². The smallest absolute Gasteiger partial charge is 0.228 e. The van der Waals surface area contributed by atoms with Gasteiger partial charge in [-0.15, -0.1) is 0 Å². The normalized spacial score (nSPS) is 14.2. The summed E-state index contributed by atoms with van der Waals surface area (Å²) >= 11 is 5.87. The third-order valence-electron chi connectivity index (χ3n) is 3.91. The molecule has 2 aromatic heterocycles. The Labute approximate surface area is 136 Å². The number of hydrogen-bond donors (Lipinski definition) is 1. The fraction of sp³-hybridized carbons (Fsp3) is 0.176. The molecule has 1 saturated carbocycles. The summed E-state index contributed by atoms with van der Waals surface area (Å²) in [5.41, 5.74) is 2.30. The standard InChI is InChI=1S/C17H13ClFN3O/c18-12-8-11(6-7-13(12)19)14-2-1-3-16-20-15(9-22(14)16)21-17(23)10-4-5-10/h1-3,6-10H,4-5H2,(H,21,23). The second-order valence-electron chi connectivity index (χ2n) is 5.66. The Bertz CT molecular complexity index is 917. The van der Waals surface area contributed by atoms with Crippen molar-refractivity contribution in [1.29, 1.82) is 0 Å². The summed E-state index contributed by atoms with van der Waals surface area (Å²) in [7, 11) is 0. The predicted molar refractivity (Wildman–Crippen MR) is 86.9 cm³/mol. The summed E-state index contributed by atoms with van der Waals surface area (Å²) in [6.45, 7) is 0. The van der Waals surface area contributed by atoms with Gasteiger partial charge in [0.05, 0.1) is 16.9 Å². The van der Waals surface area contributed by atoms with E-state index in [9.17, 15) is 9.18 Å². The topological polar surface area (TPSA) is 46.4 Å². The highest BCUT2D eigenvalue weighted by molar-refractivity contribution is 6.31. The Kier molecular flexibility index (Phi) is 3.31. The summed E-state index contributed by atoms with van der Waals surface area (Å²) in [5, 5.41) is 2.91. The number of nitrogens with one attached hydrogen (secondary N) is 1. The fourth-order valence-electron chi connectivity index (χ4n) is 2.54. The number of amides is 1. The quantitative estimate of drug-likeness (QED) is 0.785. The van der Waals surface area contributed by atoms with Crippen LogP contribution in [0.4, 0.5) is 10.2 Å². The molecule has 1 fully saturated rings. The number of nitrogens with zero attached hydrogens (tertiary/aromatic N) is 2. The van der Waals surface area contributed by atoms with Crippen LogP contribution in [0.2, 0.25) is 5.02 Å². The zero-order valence-corrected chi connectivity index (χ0v) is 12.8. The second kappa shape index (κ2) is 5.35. The molecule has 0 aliphatic heterocycles. The summed E-state index contributed by atoms with van der Waals surface area (Å²) in [6.07, 6.45) is 3.65. The summed E-state index contributed by atoms with van der Waals surface area (Å²) < 4.78 is 15.2. The molecule has 1 aliphatic carbocycles. The lowest BCUT2D eigenvalue weighted by Crippen LogP contribution is -2.13. The molecule has 0 saturated heterocycles. The van der Waals surface area contributed by atoms with Crippen LogP contribution in [-0.4, -0.2) is 15.3 Å². The third-order valence-corrected chi connectivity index (χ3v) is 4.20. The van der Waals surface area contributed by atoms with Gasteiger partial charge in [-0.3, -0.25) is 9.20 Å². The molecule has 2 heterocycles. The van der Waals surface area contributed by atoms with Crippen molar-refractivity contribution in [3.8, 4) is 11.3 Å². The first kappa shape index (κ1) is 14.2. The average Bonchev–Trinajstić information content (AvgIpc) is 3.30. The summed E-state index contributed by atoms with van der Waals surface area (Å²) in [6, 6.07) is 10.2. The maximum atomic E-state index is 13.4. The average molecular weight is 330 g/mol. The van der Waals surface area contributed by atoms with Crippen molar-refractivity contribution in [2.75, 3.05) is 5.32 Å². The number of aromatic nitrogens is 2. The molecule has 3 aromatic rings. The van der Waals surface area contributed by atoms with E-state index in [2.05, 4.69) is 10.3 Å². The van der Waals surface area contributed by atoms with Gasteiger partial charge >= 0.3 is 0 Å². The highest BCUT2D eigenvalue weighted by Crippen LogP contribution is 2.31. The summed E-state index contributed by atoms with van der Waals surface area (Å²) in [5.74, 6) is 0.197. The molecule has 6 heteroatoms. The number of carbonyl (C=O) groups excluding carboxylic acids is 1. The Morgan fingerprint density at radius 2 is 2.13 bits per heavy atom. The zero-order chi connectivity index (χ0) is 16.0. The van der Waals surface area contributed by atoms with E-state index in [0.29, 0.717) is 11.5 Å². The van der Waals surface area contributed by atoms with Crippen LogP contribution in [0.15, 0.2) is 42.6 Å². The number of rotatable bonds is 3. The van der Waals surface area contributed by atoms with Crippen LogP contribution in [0.3, 0.4) is 0 Å². The van der Waals surface area contributed by atoms with Crippen LogP contribution in [0, 0.1) is 11.7 Å². The number of imidazole rings is 1. The van der Waals surface area contributed by atoms with Crippen LogP contribution in [-0.2, 0) is 4.79 Å². The van der Waals surface area contributed by atoms with Crippen LogP contribution >= 0.6 is 11.6 Å². The minimum Gasteiger partial charge on any atom is -0.309 e. The highest BCUT2D eigenvalue weighted by atomic mass is 35.5. The van der Waals surface area contributed by atoms with Gasteiger partial charge in [0.2, 0.25) is 5.91 Å². The van der Waals surface area contributed by atoms with Crippen molar-refractivity contribution >= 4 is 29.0 Å². The van der Waals surface area contributed by atoms with Gasteiger partial charge in [-0.05, 0) is 43.2 Å². The fourth-order valence-corrected chi connectivity index (χ4v) is 2.72. The van der Waals surface area contributed by atoms with E-state index in [1.807, 2.05) is 22.6 Å². The summed E-state index contributed by atoms with van der Waals surface area (Å²) in [4.78, 5) is 16.3. The van der Waals surface area contributed by atoms with E-state index < -0.39 is 5.82 Å². The van der Waals surface area contributed by atoms with Gasteiger partial charge in [0.15, 0.2) is 5.82 Å². The second-order valence-corrected chi connectivity index (χ2v) is 6.06. The van der Waals surface area contributed by atoms with E-state index in [4.69, 9.17) is 11.6 Å². The van der Waals surface area contributed by atoms with E-state index in [0.717, 1.165) is 24.1 Å². The van der Waals surface area contributed by atoms with Crippen molar-refractivity contribution < 1.29 is 9.18 Å². The molecule has 23 heavy (non-hydrogen) atoms. The minimum atomic E-state index is -0.453. The maximum Gasteiger partial charge on any atom is 0.228 e. The minimum absolute atomic E-state index is 0.0137. The van der Waals surface area contributed by atoms with Crippen molar-refractivity contribution in [2.45, 2.75) is 12.8 Å². The van der Waals surface area contributed by atoms with Crippen molar-refractivity contribution in [1.82, 2.24) is 9.38 Å². The molecule has 1 aliphatic rings. The Morgan fingerprint density at radius 1 is 1.30 bits per heavy atom. The van der Waals surface area contributed by atoms with Crippen molar-refractivity contribution in [3.05, 3.63) is 53.4 Å². The Hall–Kier alpha value is -2.40. The lowest BCUT2D eigenvalue weighted by molar-refractivity contribution is -0.117. The number of pyridine rings is 1. The molecule has 1 N–H and O–H groups in total. The van der Waals surface area contributed by atoms with Crippen LogP contribution in [0.1, 0.15) is 12.8 Å². The molecule has 1 amide bonds. The number of hydrogen-bond acceptors (Lipinski definition) is 2. The number of halogens is 2. The van der Waals surface area contributed by atoms with Gasteiger partial charge < -0.3 is 5.32 Å². The first-order valence-corrected chi connectivity index (χ1v) is 7.74. The van der Waals surface area contributed by atoms with Crippen molar-refractivity contribution in [3.63, 3.8) is 0 Å². The monoisotopic (exact) mass is 329 g/mol. The molecule has 4 rings (SSSR count). The van der Waals surface area contributed by atoms with Gasteiger partial charge in [0, 0.05) is 11.5 Å². The van der Waals surface area contributed by atoms with Gasteiger partial charge in [0.25, 0.3) is 0 Å². The molecule has 1 aromatic carbocycles.